The molecule has 1 N–H and O–H groups in total. The summed E-state index contributed by atoms with van der Waals surface area (Å²) in [4.78, 5) is 26.4. The lowest BCUT2D eigenvalue weighted by Gasteiger charge is -2.36. The smallest absolute Gasteiger partial charge is 0.238 e. The van der Waals surface area contributed by atoms with Gasteiger partial charge >= 0.3 is 0 Å². The number of benzene rings is 1. The molecular weight excluding hydrogens is 339 g/mol. The van der Waals surface area contributed by atoms with E-state index in [1.807, 2.05) is 4.90 Å². The fourth-order valence-corrected chi connectivity index (χ4v) is 2.71. The summed E-state index contributed by atoms with van der Waals surface area (Å²) in [5, 5.41) is 6.66. The van der Waals surface area contributed by atoms with Crippen molar-refractivity contribution in [2.45, 2.75) is 5.92 Å². The van der Waals surface area contributed by atoms with Crippen molar-refractivity contribution in [1.29, 1.82) is 0 Å². The van der Waals surface area contributed by atoms with E-state index in [1.54, 1.807) is 18.6 Å². The van der Waals surface area contributed by atoms with Crippen molar-refractivity contribution in [2.24, 2.45) is 0 Å². The van der Waals surface area contributed by atoms with Crippen LogP contribution in [0.25, 0.3) is 11.5 Å². The highest BCUT2D eigenvalue weighted by Crippen LogP contribution is 2.26. The van der Waals surface area contributed by atoms with Gasteiger partial charge in [-0.3, -0.25) is 14.7 Å². The van der Waals surface area contributed by atoms with Gasteiger partial charge in [0.15, 0.2) is 0 Å². The molecule has 132 valence electrons. The van der Waals surface area contributed by atoms with Gasteiger partial charge in [0.1, 0.15) is 11.5 Å². The van der Waals surface area contributed by atoms with Gasteiger partial charge in [-0.1, -0.05) is 5.16 Å². The number of carbonyl (C=O) groups excluding carboxylic acids is 1. The largest absolute Gasteiger partial charge is 0.339 e. The molecule has 0 bridgehead atoms. The molecule has 1 aromatic carbocycles. The second kappa shape index (κ2) is 6.96. The average Bonchev–Trinajstić information content (AvgIpc) is 3.10. The summed E-state index contributed by atoms with van der Waals surface area (Å²) < 4.78 is 18.2. The van der Waals surface area contributed by atoms with Crippen LogP contribution in [0.5, 0.6) is 0 Å². The quantitative estimate of drug-likeness (QED) is 0.745. The molecule has 8 nitrogen and oxygen atoms in total. The van der Waals surface area contributed by atoms with Crippen LogP contribution in [0.1, 0.15) is 11.8 Å². The number of anilines is 1. The number of halogens is 1. The number of hydrogen-bond acceptors (Lipinski definition) is 7. The standard InChI is InChI=1S/C17H15FN6O2/c18-12-1-3-13(4-2-12)21-15(25)10-24-8-11(9-24)17-22-16(23-26-17)14-7-19-5-6-20-14/h1-7,11H,8-10H2,(H,21,25). The van der Waals surface area contributed by atoms with Gasteiger partial charge in [0, 0.05) is 31.2 Å². The van der Waals surface area contributed by atoms with Gasteiger partial charge in [-0.15, -0.1) is 0 Å². The summed E-state index contributed by atoms with van der Waals surface area (Å²) in [7, 11) is 0. The van der Waals surface area contributed by atoms with Crippen molar-refractivity contribution in [2.75, 3.05) is 25.0 Å². The van der Waals surface area contributed by atoms with Crippen molar-refractivity contribution in [3.05, 3.63) is 54.6 Å². The summed E-state index contributed by atoms with van der Waals surface area (Å²) in [6.07, 6.45) is 4.71. The Morgan fingerprint density at radius 2 is 2.08 bits per heavy atom. The normalized spacial score (nSPS) is 14.8. The van der Waals surface area contributed by atoms with Crippen molar-refractivity contribution in [1.82, 2.24) is 25.0 Å². The molecule has 1 fully saturated rings. The predicted octanol–water partition coefficient (Wildman–Crippen LogP) is 1.70. The van der Waals surface area contributed by atoms with Crippen LogP contribution in [0.15, 0.2) is 47.4 Å². The summed E-state index contributed by atoms with van der Waals surface area (Å²) in [6.45, 7) is 1.55. The third kappa shape index (κ3) is 3.57. The van der Waals surface area contributed by atoms with E-state index in [0.29, 0.717) is 36.2 Å². The monoisotopic (exact) mass is 354 g/mol. The fraction of sp³-hybridized carbons (Fsp3) is 0.235. The first-order chi connectivity index (χ1) is 12.7. The third-order valence-corrected chi connectivity index (χ3v) is 4.04. The van der Waals surface area contributed by atoms with Crippen molar-refractivity contribution < 1.29 is 13.7 Å². The van der Waals surface area contributed by atoms with Crippen LogP contribution in [-0.4, -0.2) is 50.5 Å². The molecule has 2 aromatic heterocycles. The van der Waals surface area contributed by atoms with Crippen LogP contribution in [0.4, 0.5) is 10.1 Å². The van der Waals surface area contributed by atoms with Crippen LogP contribution in [0, 0.1) is 5.82 Å². The zero-order chi connectivity index (χ0) is 17.9. The number of rotatable bonds is 5. The second-order valence-electron chi connectivity index (χ2n) is 5.99. The number of likely N-dealkylation sites (tertiary alicyclic amines) is 1. The Balaban J connectivity index is 1.28. The molecule has 0 aliphatic carbocycles. The highest BCUT2D eigenvalue weighted by molar-refractivity contribution is 5.92. The molecule has 0 spiro atoms. The number of amides is 1. The topological polar surface area (TPSA) is 97.0 Å². The molecule has 3 aromatic rings. The van der Waals surface area contributed by atoms with Crippen LogP contribution < -0.4 is 5.32 Å². The average molecular weight is 354 g/mol. The maximum Gasteiger partial charge on any atom is 0.238 e. The number of nitrogens with one attached hydrogen (secondary N) is 1. The minimum atomic E-state index is -0.339. The second-order valence-corrected chi connectivity index (χ2v) is 5.99. The van der Waals surface area contributed by atoms with Gasteiger partial charge in [0.05, 0.1) is 18.7 Å². The molecule has 1 amide bonds. The molecule has 4 rings (SSSR count). The Morgan fingerprint density at radius 3 is 2.81 bits per heavy atom. The highest BCUT2D eigenvalue weighted by atomic mass is 19.1. The van der Waals surface area contributed by atoms with Gasteiger partial charge in [0.2, 0.25) is 17.6 Å². The Kier molecular flexibility index (Phi) is 4.36. The lowest BCUT2D eigenvalue weighted by molar-refractivity contribution is -0.118. The Bertz CT molecular complexity index is 893. The zero-order valence-electron chi connectivity index (χ0n) is 13.7. The first-order valence-electron chi connectivity index (χ1n) is 8.05. The summed E-state index contributed by atoms with van der Waals surface area (Å²) in [5.41, 5.74) is 1.12. The number of carbonyl (C=O) groups is 1. The van der Waals surface area contributed by atoms with E-state index in [2.05, 4.69) is 25.4 Å². The van der Waals surface area contributed by atoms with E-state index in [-0.39, 0.29) is 24.2 Å². The molecule has 1 aliphatic rings. The lowest BCUT2D eigenvalue weighted by Crippen LogP contribution is -2.48. The van der Waals surface area contributed by atoms with Crippen molar-refractivity contribution in [3.8, 4) is 11.5 Å². The first kappa shape index (κ1) is 16.3. The van der Waals surface area contributed by atoms with E-state index in [9.17, 15) is 9.18 Å². The van der Waals surface area contributed by atoms with Gasteiger partial charge in [-0.25, -0.2) is 9.37 Å². The Hall–Kier alpha value is -3.20. The minimum Gasteiger partial charge on any atom is -0.339 e. The molecular formula is C17H15FN6O2. The number of nitrogens with zero attached hydrogens (tertiary/aromatic N) is 5. The number of hydrogen-bond donors (Lipinski definition) is 1. The lowest BCUT2D eigenvalue weighted by atomic mass is 10.0. The molecule has 1 saturated heterocycles. The minimum absolute atomic E-state index is 0.0894. The van der Waals surface area contributed by atoms with E-state index in [4.69, 9.17) is 4.52 Å². The summed E-state index contributed by atoms with van der Waals surface area (Å²) in [5.74, 6) is 0.530. The maximum atomic E-state index is 12.9. The molecule has 0 radical (unpaired) electrons. The van der Waals surface area contributed by atoms with E-state index >= 15 is 0 Å². The highest BCUT2D eigenvalue weighted by Gasteiger charge is 2.33. The predicted molar refractivity (Wildman–Crippen MR) is 89.5 cm³/mol. The van der Waals surface area contributed by atoms with Crippen LogP contribution in [0.3, 0.4) is 0 Å². The van der Waals surface area contributed by atoms with Crippen molar-refractivity contribution >= 4 is 11.6 Å². The fourth-order valence-electron chi connectivity index (χ4n) is 2.71. The van der Waals surface area contributed by atoms with Gasteiger partial charge < -0.3 is 9.84 Å². The molecule has 0 unspecified atom stereocenters. The van der Waals surface area contributed by atoms with Gasteiger partial charge in [-0.2, -0.15) is 4.98 Å². The maximum absolute atomic E-state index is 12.9. The van der Waals surface area contributed by atoms with Crippen LogP contribution in [0.2, 0.25) is 0 Å². The van der Waals surface area contributed by atoms with Gasteiger partial charge in [-0.05, 0) is 24.3 Å². The SMILES string of the molecule is O=C(CN1CC(c2nc(-c3cnccn3)no2)C1)Nc1ccc(F)cc1. The summed E-state index contributed by atoms with van der Waals surface area (Å²) >= 11 is 0. The van der Waals surface area contributed by atoms with Crippen LogP contribution >= 0.6 is 0 Å². The third-order valence-electron chi connectivity index (χ3n) is 4.04. The summed E-state index contributed by atoms with van der Waals surface area (Å²) in [6, 6.07) is 5.66. The zero-order valence-corrected chi connectivity index (χ0v) is 13.7. The van der Waals surface area contributed by atoms with E-state index in [1.165, 1.54) is 24.3 Å². The first-order valence-corrected chi connectivity index (χ1v) is 8.05. The molecule has 0 saturated carbocycles. The van der Waals surface area contributed by atoms with Crippen molar-refractivity contribution in [3.63, 3.8) is 0 Å². The van der Waals surface area contributed by atoms with E-state index < -0.39 is 0 Å². The number of aromatic nitrogens is 4. The molecule has 9 heteroatoms. The molecule has 0 atom stereocenters. The Morgan fingerprint density at radius 1 is 1.27 bits per heavy atom. The molecule has 1 aliphatic heterocycles. The van der Waals surface area contributed by atoms with Crippen LogP contribution in [-0.2, 0) is 4.79 Å². The Labute approximate surface area is 148 Å². The molecule has 3 heterocycles. The van der Waals surface area contributed by atoms with E-state index in [0.717, 1.165) is 0 Å². The molecule has 26 heavy (non-hydrogen) atoms. The van der Waals surface area contributed by atoms with Gasteiger partial charge in [0.25, 0.3) is 0 Å².